The average Bonchev–Trinajstić information content (AvgIpc) is 2.75. The fourth-order valence-electron chi connectivity index (χ4n) is 2.84. The Kier molecular flexibility index (Phi) is 6.53. The third kappa shape index (κ3) is 4.68. The fraction of sp³-hybridized carbons (Fsp3) is 0.130. The van der Waals surface area contributed by atoms with Crippen molar-refractivity contribution >= 4 is 43.1 Å². The Morgan fingerprint density at radius 1 is 0.867 bits per heavy atom. The standard InChI is InChI=1S/C23H20BrNO4S/c1-15(2)30(28,29)19-10-6-9-17(13-19)23(27)25-21-12-11-18(24)14-20(21)22(26)16-7-4-3-5-8-16/h3-15H,1-2H3,(H,25,27). The molecule has 0 aliphatic carbocycles. The molecule has 0 unspecified atom stereocenters. The van der Waals surface area contributed by atoms with Crippen molar-refractivity contribution in [3.8, 4) is 0 Å². The van der Waals surface area contributed by atoms with E-state index in [-0.39, 0.29) is 16.2 Å². The van der Waals surface area contributed by atoms with E-state index in [0.29, 0.717) is 21.3 Å². The molecule has 0 aliphatic rings. The van der Waals surface area contributed by atoms with E-state index in [2.05, 4.69) is 21.2 Å². The van der Waals surface area contributed by atoms with E-state index in [0.717, 1.165) is 0 Å². The van der Waals surface area contributed by atoms with Gasteiger partial charge in [-0.2, -0.15) is 0 Å². The summed E-state index contributed by atoms with van der Waals surface area (Å²) in [6.45, 7) is 3.18. The maximum absolute atomic E-state index is 12.9. The van der Waals surface area contributed by atoms with Crippen LogP contribution in [0.3, 0.4) is 0 Å². The smallest absolute Gasteiger partial charge is 0.255 e. The first-order valence-corrected chi connectivity index (χ1v) is 11.6. The number of sulfone groups is 1. The zero-order valence-corrected chi connectivity index (χ0v) is 18.8. The Hall–Kier alpha value is -2.77. The van der Waals surface area contributed by atoms with Crippen LogP contribution in [0.15, 0.2) is 82.2 Å². The van der Waals surface area contributed by atoms with E-state index in [9.17, 15) is 18.0 Å². The van der Waals surface area contributed by atoms with Crippen molar-refractivity contribution in [2.45, 2.75) is 24.0 Å². The molecule has 0 radical (unpaired) electrons. The lowest BCUT2D eigenvalue weighted by Gasteiger charge is -2.13. The van der Waals surface area contributed by atoms with Crippen LogP contribution in [0.5, 0.6) is 0 Å². The van der Waals surface area contributed by atoms with E-state index in [1.165, 1.54) is 24.3 Å². The highest BCUT2D eigenvalue weighted by Gasteiger charge is 2.21. The van der Waals surface area contributed by atoms with Crippen LogP contribution in [0.1, 0.15) is 40.1 Å². The minimum Gasteiger partial charge on any atom is -0.321 e. The van der Waals surface area contributed by atoms with Crippen molar-refractivity contribution in [1.82, 2.24) is 0 Å². The molecule has 1 N–H and O–H groups in total. The van der Waals surface area contributed by atoms with E-state index < -0.39 is 21.0 Å². The first-order chi connectivity index (χ1) is 14.2. The van der Waals surface area contributed by atoms with Gasteiger partial charge in [-0.1, -0.05) is 52.3 Å². The molecule has 0 saturated heterocycles. The van der Waals surface area contributed by atoms with Gasteiger partial charge in [0, 0.05) is 21.2 Å². The predicted octanol–water partition coefficient (Wildman–Crippen LogP) is 5.11. The number of ketones is 1. The van der Waals surface area contributed by atoms with Crippen LogP contribution in [-0.2, 0) is 9.84 Å². The number of benzene rings is 3. The van der Waals surface area contributed by atoms with Crippen molar-refractivity contribution < 1.29 is 18.0 Å². The van der Waals surface area contributed by atoms with Crippen LogP contribution in [0.25, 0.3) is 0 Å². The monoisotopic (exact) mass is 485 g/mol. The largest absolute Gasteiger partial charge is 0.321 e. The molecule has 154 valence electrons. The summed E-state index contributed by atoms with van der Waals surface area (Å²) in [6.07, 6.45) is 0. The maximum Gasteiger partial charge on any atom is 0.255 e. The summed E-state index contributed by atoms with van der Waals surface area (Å²) >= 11 is 3.36. The number of nitrogens with one attached hydrogen (secondary N) is 1. The quantitative estimate of drug-likeness (QED) is 0.491. The number of rotatable bonds is 6. The SMILES string of the molecule is CC(C)S(=O)(=O)c1cccc(C(=O)Nc2ccc(Br)cc2C(=O)c2ccccc2)c1. The van der Waals surface area contributed by atoms with E-state index in [4.69, 9.17) is 0 Å². The molecule has 0 aliphatic heterocycles. The molecule has 3 rings (SSSR count). The second-order valence-electron chi connectivity index (χ2n) is 6.96. The van der Waals surface area contributed by atoms with E-state index in [1.807, 2.05) is 6.07 Å². The lowest BCUT2D eigenvalue weighted by Crippen LogP contribution is -2.17. The molecule has 1 amide bonds. The Labute approximate surface area is 184 Å². The first-order valence-electron chi connectivity index (χ1n) is 9.25. The topological polar surface area (TPSA) is 80.3 Å². The predicted molar refractivity (Wildman–Crippen MR) is 121 cm³/mol. The summed E-state index contributed by atoms with van der Waals surface area (Å²) in [4.78, 5) is 25.9. The van der Waals surface area contributed by atoms with Crippen molar-refractivity contribution in [3.05, 3.63) is 94.0 Å². The molecule has 5 nitrogen and oxygen atoms in total. The molecule has 7 heteroatoms. The molecule has 30 heavy (non-hydrogen) atoms. The zero-order valence-electron chi connectivity index (χ0n) is 16.4. The molecular weight excluding hydrogens is 466 g/mol. The average molecular weight is 486 g/mol. The van der Waals surface area contributed by atoms with Gasteiger partial charge in [0.25, 0.3) is 5.91 Å². The molecule has 3 aromatic rings. The van der Waals surface area contributed by atoms with E-state index in [1.54, 1.807) is 56.3 Å². The van der Waals surface area contributed by atoms with Gasteiger partial charge in [-0.05, 0) is 50.2 Å². The molecule has 0 bridgehead atoms. The number of halogens is 1. The molecule has 0 heterocycles. The highest BCUT2D eigenvalue weighted by atomic mass is 79.9. The van der Waals surface area contributed by atoms with Gasteiger partial charge in [0.05, 0.1) is 15.8 Å². The first kappa shape index (κ1) is 21.9. The van der Waals surface area contributed by atoms with Crippen LogP contribution < -0.4 is 5.32 Å². The van der Waals surface area contributed by atoms with Crippen molar-refractivity contribution in [3.63, 3.8) is 0 Å². The minimum absolute atomic E-state index is 0.0848. The van der Waals surface area contributed by atoms with Crippen molar-refractivity contribution in [2.75, 3.05) is 5.32 Å². The molecule has 0 aromatic heterocycles. The number of hydrogen-bond donors (Lipinski definition) is 1. The second kappa shape index (κ2) is 8.93. The van der Waals surface area contributed by atoms with Crippen LogP contribution in [0.2, 0.25) is 0 Å². The maximum atomic E-state index is 12.9. The Bertz CT molecular complexity index is 1200. The number of carbonyl (C=O) groups is 2. The summed E-state index contributed by atoms with van der Waals surface area (Å²) in [5.74, 6) is -0.733. The van der Waals surface area contributed by atoms with Crippen LogP contribution >= 0.6 is 15.9 Å². The van der Waals surface area contributed by atoms with Crippen LogP contribution in [-0.4, -0.2) is 25.4 Å². The lowest BCUT2D eigenvalue weighted by molar-refractivity contribution is 0.102. The molecule has 0 spiro atoms. The highest BCUT2D eigenvalue weighted by molar-refractivity contribution is 9.10. The van der Waals surface area contributed by atoms with Gasteiger partial charge in [-0.25, -0.2) is 8.42 Å². The van der Waals surface area contributed by atoms with Crippen molar-refractivity contribution in [1.29, 1.82) is 0 Å². The zero-order chi connectivity index (χ0) is 21.9. The van der Waals surface area contributed by atoms with Crippen LogP contribution in [0.4, 0.5) is 5.69 Å². The number of carbonyl (C=O) groups excluding carboxylic acids is 2. The molecule has 3 aromatic carbocycles. The second-order valence-corrected chi connectivity index (χ2v) is 10.4. The van der Waals surface area contributed by atoms with Gasteiger partial charge in [-0.15, -0.1) is 0 Å². The number of amides is 1. The molecule has 0 atom stereocenters. The highest BCUT2D eigenvalue weighted by Crippen LogP contribution is 2.25. The third-order valence-electron chi connectivity index (χ3n) is 4.56. The summed E-state index contributed by atoms with van der Waals surface area (Å²) < 4.78 is 25.5. The Balaban J connectivity index is 1.94. The molecule has 0 saturated carbocycles. The number of hydrogen-bond acceptors (Lipinski definition) is 4. The van der Waals surface area contributed by atoms with Gasteiger partial charge in [0.2, 0.25) is 0 Å². The van der Waals surface area contributed by atoms with Gasteiger partial charge in [0.15, 0.2) is 15.6 Å². The summed E-state index contributed by atoms with van der Waals surface area (Å²) in [5.41, 5.74) is 1.36. The Morgan fingerprint density at radius 3 is 2.20 bits per heavy atom. The molecule has 0 fully saturated rings. The number of anilines is 1. The summed E-state index contributed by atoms with van der Waals surface area (Å²) in [6, 6.07) is 19.6. The third-order valence-corrected chi connectivity index (χ3v) is 7.20. The van der Waals surface area contributed by atoms with Crippen LogP contribution in [0, 0.1) is 0 Å². The minimum atomic E-state index is -3.51. The van der Waals surface area contributed by atoms with Gasteiger partial charge in [-0.3, -0.25) is 9.59 Å². The van der Waals surface area contributed by atoms with Crippen molar-refractivity contribution in [2.24, 2.45) is 0 Å². The fourth-order valence-corrected chi connectivity index (χ4v) is 4.30. The Morgan fingerprint density at radius 2 is 1.53 bits per heavy atom. The summed E-state index contributed by atoms with van der Waals surface area (Å²) in [7, 11) is -3.51. The summed E-state index contributed by atoms with van der Waals surface area (Å²) in [5, 5.41) is 2.14. The van der Waals surface area contributed by atoms with E-state index >= 15 is 0 Å². The van der Waals surface area contributed by atoms with Gasteiger partial charge in [0.1, 0.15) is 0 Å². The van der Waals surface area contributed by atoms with Gasteiger partial charge >= 0.3 is 0 Å². The van der Waals surface area contributed by atoms with Gasteiger partial charge < -0.3 is 5.32 Å². The lowest BCUT2D eigenvalue weighted by atomic mass is 10.0. The normalized spacial score (nSPS) is 11.3. The molecular formula is C23H20BrNO4S.